The average molecular weight is 297 g/mol. The maximum atomic E-state index is 6.35. The van der Waals surface area contributed by atoms with E-state index in [2.05, 4.69) is 27.1 Å². The van der Waals surface area contributed by atoms with Gasteiger partial charge in [0.15, 0.2) is 11.6 Å². The predicted molar refractivity (Wildman–Crippen MR) is 91.4 cm³/mol. The molecule has 2 aromatic rings. The minimum atomic E-state index is 0.524. The third-order valence-electron chi connectivity index (χ3n) is 4.27. The summed E-state index contributed by atoms with van der Waals surface area (Å²) in [5, 5.41) is 3.28. The fourth-order valence-electron chi connectivity index (χ4n) is 3.08. The van der Waals surface area contributed by atoms with Crippen molar-refractivity contribution in [1.82, 2.24) is 9.97 Å². The van der Waals surface area contributed by atoms with Crippen molar-refractivity contribution < 1.29 is 0 Å². The van der Waals surface area contributed by atoms with Gasteiger partial charge in [-0.05, 0) is 37.8 Å². The van der Waals surface area contributed by atoms with E-state index in [-0.39, 0.29) is 0 Å². The zero-order chi connectivity index (χ0) is 15.4. The topological polar surface area (TPSA) is 67.1 Å². The van der Waals surface area contributed by atoms with E-state index in [1.807, 2.05) is 30.3 Å². The second-order valence-corrected chi connectivity index (χ2v) is 5.70. The quantitative estimate of drug-likeness (QED) is 0.903. The van der Waals surface area contributed by atoms with Crippen LogP contribution in [0.3, 0.4) is 0 Å². The maximum absolute atomic E-state index is 6.35. The molecule has 3 rings (SSSR count). The van der Waals surface area contributed by atoms with Crippen LogP contribution in [0, 0.1) is 0 Å². The number of rotatable bonds is 4. The van der Waals surface area contributed by atoms with Gasteiger partial charge in [-0.2, -0.15) is 0 Å². The predicted octanol–water partition coefficient (Wildman–Crippen LogP) is 3.57. The number of benzene rings is 1. The summed E-state index contributed by atoms with van der Waals surface area (Å²) in [6, 6.07) is 10.5. The van der Waals surface area contributed by atoms with Gasteiger partial charge in [0.2, 0.25) is 0 Å². The fourth-order valence-corrected chi connectivity index (χ4v) is 3.08. The molecule has 5 heteroatoms. The van der Waals surface area contributed by atoms with E-state index in [0.717, 1.165) is 24.5 Å². The van der Waals surface area contributed by atoms with Crippen LogP contribution in [-0.4, -0.2) is 22.6 Å². The van der Waals surface area contributed by atoms with Crippen LogP contribution in [-0.2, 0) is 0 Å². The van der Waals surface area contributed by atoms with Gasteiger partial charge < -0.3 is 16.0 Å². The molecule has 1 fully saturated rings. The highest BCUT2D eigenvalue weighted by Gasteiger charge is 2.24. The maximum Gasteiger partial charge on any atom is 0.159 e. The third kappa shape index (κ3) is 2.98. The molecule has 1 aliphatic rings. The first-order valence-electron chi connectivity index (χ1n) is 7.98. The van der Waals surface area contributed by atoms with Crippen molar-refractivity contribution in [2.75, 3.05) is 22.5 Å². The summed E-state index contributed by atoms with van der Waals surface area (Å²) in [6.45, 7) is 3.24. The largest absolute Gasteiger partial charge is 0.393 e. The van der Waals surface area contributed by atoms with Gasteiger partial charge in [-0.3, -0.25) is 0 Å². The Hall–Kier alpha value is -2.30. The number of hydrogen-bond donors (Lipinski definition) is 2. The molecule has 1 saturated heterocycles. The fraction of sp³-hybridized carbons (Fsp3) is 0.412. The Balaban J connectivity index is 1.88. The molecule has 0 saturated carbocycles. The molecular formula is C17H23N5. The molecule has 0 radical (unpaired) electrons. The Morgan fingerprint density at radius 3 is 2.82 bits per heavy atom. The summed E-state index contributed by atoms with van der Waals surface area (Å²) in [6.07, 6.45) is 6.40. The average Bonchev–Trinajstić information content (AvgIpc) is 2.58. The van der Waals surface area contributed by atoms with Crippen molar-refractivity contribution in [1.29, 1.82) is 0 Å². The van der Waals surface area contributed by atoms with E-state index in [1.54, 1.807) is 6.33 Å². The first kappa shape index (κ1) is 14.6. The number of aromatic nitrogens is 2. The van der Waals surface area contributed by atoms with Crippen molar-refractivity contribution in [3.8, 4) is 0 Å². The summed E-state index contributed by atoms with van der Waals surface area (Å²) in [4.78, 5) is 11.1. The smallest absolute Gasteiger partial charge is 0.159 e. The lowest BCUT2D eigenvalue weighted by Crippen LogP contribution is -2.40. The van der Waals surface area contributed by atoms with Crippen LogP contribution in [0.5, 0.6) is 0 Å². The normalized spacial score (nSPS) is 18.2. The first-order valence-corrected chi connectivity index (χ1v) is 7.98. The SMILES string of the molecule is CCC1CCCCN1c1ncnc(Nc2ccccc2)c1N. The summed E-state index contributed by atoms with van der Waals surface area (Å²) in [7, 11) is 0. The van der Waals surface area contributed by atoms with Crippen LogP contribution in [0.1, 0.15) is 32.6 Å². The van der Waals surface area contributed by atoms with Gasteiger partial charge in [0.25, 0.3) is 0 Å². The number of para-hydroxylation sites is 1. The van der Waals surface area contributed by atoms with Crippen molar-refractivity contribution >= 4 is 23.0 Å². The lowest BCUT2D eigenvalue weighted by atomic mass is 10.00. The van der Waals surface area contributed by atoms with Crippen LogP contribution >= 0.6 is 0 Å². The minimum Gasteiger partial charge on any atom is -0.393 e. The Kier molecular flexibility index (Phi) is 4.42. The second-order valence-electron chi connectivity index (χ2n) is 5.70. The van der Waals surface area contributed by atoms with E-state index in [4.69, 9.17) is 5.73 Å². The van der Waals surface area contributed by atoms with Crippen LogP contribution in [0.25, 0.3) is 0 Å². The number of nitrogen functional groups attached to an aromatic ring is 1. The van der Waals surface area contributed by atoms with Crippen LogP contribution in [0.2, 0.25) is 0 Å². The standard InChI is InChI=1S/C17H23N5/c1-2-14-10-6-7-11-22(14)17-15(18)16(19-12-20-17)21-13-8-4-3-5-9-13/h3-5,8-9,12,14H,2,6-7,10-11,18H2,1H3,(H,19,20,21). The van der Waals surface area contributed by atoms with Crippen LogP contribution < -0.4 is 16.0 Å². The van der Waals surface area contributed by atoms with Gasteiger partial charge in [-0.15, -0.1) is 0 Å². The van der Waals surface area contributed by atoms with Crippen molar-refractivity contribution in [3.63, 3.8) is 0 Å². The van der Waals surface area contributed by atoms with Crippen LogP contribution in [0.15, 0.2) is 36.7 Å². The molecule has 22 heavy (non-hydrogen) atoms. The lowest BCUT2D eigenvalue weighted by Gasteiger charge is -2.36. The highest BCUT2D eigenvalue weighted by molar-refractivity contribution is 5.78. The molecule has 0 aliphatic carbocycles. The molecule has 3 N–H and O–H groups in total. The van der Waals surface area contributed by atoms with Crippen molar-refractivity contribution in [2.24, 2.45) is 0 Å². The lowest BCUT2D eigenvalue weighted by molar-refractivity contribution is 0.447. The summed E-state index contributed by atoms with van der Waals surface area (Å²) >= 11 is 0. The Labute approximate surface area is 131 Å². The van der Waals surface area contributed by atoms with E-state index in [0.29, 0.717) is 17.5 Å². The molecule has 1 atom stereocenters. The van der Waals surface area contributed by atoms with Crippen molar-refractivity contribution in [3.05, 3.63) is 36.7 Å². The van der Waals surface area contributed by atoms with E-state index in [9.17, 15) is 0 Å². The number of nitrogens with zero attached hydrogens (tertiary/aromatic N) is 3. The zero-order valence-electron chi connectivity index (χ0n) is 13.0. The number of anilines is 4. The van der Waals surface area contributed by atoms with Crippen LogP contribution in [0.4, 0.5) is 23.0 Å². The molecule has 1 aromatic heterocycles. The van der Waals surface area contributed by atoms with E-state index >= 15 is 0 Å². The van der Waals surface area contributed by atoms with Gasteiger partial charge in [0.1, 0.15) is 12.0 Å². The van der Waals surface area contributed by atoms with E-state index in [1.165, 1.54) is 19.3 Å². The summed E-state index contributed by atoms with van der Waals surface area (Å²) in [5.41, 5.74) is 7.96. The molecule has 116 valence electrons. The molecule has 5 nitrogen and oxygen atoms in total. The Morgan fingerprint density at radius 1 is 1.23 bits per heavy atom. The molecule has 0 bridgehead atoms. The Morgan fingerprint density at radius 2 is 2.05 bits per heavy atom. The second kappa shape index (κ2) is 6.64. The molecule has 0 spiro atoms. The van der Waals surface area contributed by atoms with Crippen molar-refractivity contribution in [2.45, 2.75) is 38.6 Å². The van der Waals surface area contributed by atoms with Gasteiger partial charge in [0.05, 0.1) is 0 Å². The molecular weight excluding hydrogens is 274 g/mol. The molecule has 2 heterocycles. The van der Waals surface area contributed by atoms with Gasteiger partial charge in [-0.25, -0.2) is 9.97 Å². The summed E-state index contributed by atoms with van der Waals surface area (Å²) in [5.74, 6) is 1.54. The molecule has 1 aromatic carbocycles. The summed E-state index contributed by atoms with van der Waals surface area (Å²) < 4.78 is 0. The van der Waals surface area contributed by atoms with Gasteiger partial charge in [-0.1, -0.05) is 25.1 Å². The highest BCUT2D eigenvalue weighted by atomic mass is 15.2. The minimum absolute atomic E-state index is 0.524. The number of nitrogens with one attached hydrogen (secondary N) is 1. The number of nitrogens with two attached hydrogens (primary N) is 1. The van der Waals surface area contributed by atoms with Gasteiger partial charge >= 0.3 is 0 Å². The zero-order valence-corrected chi connectivity index (χ0v) is 13.0. The molecule has 1 unspecified atom stereocenters. The molecule has 0 amide bonds. The van der Waals surface area contributed by atoms with E-state index < -0.39 is 0 Å². The first-order chi connectivity index (χ1) is 10.8. The number of hydrogen-bond acceptors (Lipinski definition) is 5. The Bertz CT molecular complexity index is 614. The number of piperidine rings is 1. The molecule has 1 aliphatic heterocycles. The third-order valence-corrected chi connectivity index (χ3v) is 4.27. The monoisotopic (exact) mass is 297 g/mol. The van der Waals surface area contributed by atoms with Gasteiger partial charge in [0, 0.05) is 18.3 Å². The highest BCUT2D eigenvalue weighted by Crippen LogP contribution is 2.33.